The van der Waals surface area contributed by atoms with E-state index in [1.165, 1.54) is 30.4 Å². The Labute approximate surface area is 236 Å². The summed E-state index contributed by atoms with van der Waals surface area (Å²) < 4.78 is 31.3. The van der Waals surface area contributed by atoms with Gasteiger partial charge in [0.05, 0.1) is 22.5 Å². The molecule has 8 nitrogen and oxygen atoms in total. The summed E-state index contributed by atoms with van der Waals surface area (Å²) in [6, 6.07) is 9.61. The number of nitrogens with one attached hydrogen (secondary N) is 2. The molecule has 4 aromatic heterocycles. The molecule has 0 amide bonds. The average molecular weight is 564 g/mol. The molecular weight excluding hydrogens is 522 g/mol. The molecule has 0 bridgehead atoms. The number of hydrogen-bond acceptors (Lipinski definition) is 6. The van der Waals surface area contributed by atoms with Crippen LogP contribution in [0.2, 0.25) is 0 Å². The van der Waals surface area contributed by atoms with Crippen LogP contribution >= 0.6 is 0 Å². The minimum absolute atomic E-state index is 0.0777. The first-order chi connectivity index (χ1) is 19.3. The van der Waals surface area contributed by atoms with Crippen LogP contribution in [0.25, 0.3) is 33.3 Å². The number of H-pyrrole nitrogens is 1. The SMILES string of the molecule is CC(C)c1c(-c2cn(CCS(C)(=O)=O)c3ncccc23)[nH]c2ccc(C3CCC(NC4CCOCC4)CC3)nc12. The van der Waals surface area contributed by atoms with Crippen LogP contribution in [0.3, 0.4) is 0 Å². The van der Waals surface area contributed by atoms with Crippen molar-refractivity contribution < 1.29 is 13.2 Å². The molecule has 9 heteroatoms. The smallest absolute Gasteiger partial charge is 0.149 e. The van der Waals surface area contributed by atoms with Crippen molar-refractivity contribution in [3.05, 3.63) is 47.9 Å². The van der Waals surface area contributed by atoms with Gasteiger partial charge in [-0.15, -0.1) is 0 Å². The molecule has 4 aromatic rings. The summed E-state index contributed by atoms with van der Waals surface area (Å²) in [5, 5.41) is 4.91. The molecule has 1 aliphatic carbocycles. The number of sulfone groups is 1. The minimum atomic E-state index is -3.09. The van der Waals surface area contributed by atoms with Gasteiger partial charge in [0.25, 0.3) is 0 Å². The van der Waals surface area contributed by atoms with E-state index < -0.39 is 9.84 Å². The third-order valence-corrected chi connectivity index (χ3v) is 9.65. The van der Waals surface area contributed by atoms with Crippen molar-refractivity contribution in [2.45, 2.75) is 82.8 Å². The van der Waals surface area contributed by atoms with E-state index in [4.69, 9.17) is 9.72 Å². The van der Waals surface area contributed by atoms with Gasteiger partial charge in [0, 0.05) is 78.6 Å². The molecular formula is C31H41N5O3S. The molecule has 2 fully saturated rings. The fourth-order valence-corrected chi connectivity index (χ4v) is 7.14. The van der Waals surface area contributed by atoms with Gasteiger partial charge < -0.3 is 19.6 Å². The Hall–Kier alpha value is -2.75. The third kappa shape index (κ3) is 5.69. The molecule has 0 unspecified atom stereocenters. The Kier molecular flexibility index (Phi) is 7.72. The van der Waals surface area contributed by atoms with E-state index in [2.05, 4.69) is 47.3 Å². The van der Waals surface area contributed by atoms with Crippen molar-refractivity contribution >= 4 is 31.9 Å². The van der Waals surface area contributed by atoms with Gasteiger partial charge in [0.1, 0.15) is 15.5 Å². The van der Waals surface area contributed by atoms with Gasteiger partial charge in [0.15, 0.2) is 0 Å². The zero-order chi connectivity index (χ0) is 27.9. The van der Waals surface area contributed by atoms with Crippen molar-refractivity contribution in [1.82, 2.24) is 24.8 Å². The zero-order valence-corrected chi connectivity index (χ0v) is 24.6. The number of aromatic nitrogens is 4. The lowest BCUT2D eigenvalue weighted by Crippen LogP contribution is -2.43. The van der Waals surface area contributed by atoms with Gasteiger partial charge >= 0.3 is 0 Å². The molecule has 0 spiro atoms. The quantitative estimate of drug-likeness (QED) is 0.292. The molecule has 0 atom stereocenters. The first kappa shape index (κ1) is 27.4. The highest BCUT2D eigenvalue weighted by Gasteiger charge is 2.27. The topological polar surface area (TPSA) is 102 Å². The van der Waals surface area contributed by atoms with Crippen LogP contribution in [0.15, 0.2) is 36.7 Å². The molecule has 0 aromatic carbocycles. The lowest BCUT2D eigenvalue weighted by Gasteiger charge is -2.33. The number of aryl methyl sites for hydroxylation is 1. The number of ether oxygens (including phenoxy) is 1. The van der Waals surface area contributed by atoms with Crippen LogP contribution < -0.4 is 5.32 Å². The Bertz CT molecular complexity index is 1590. The van der Waals surface area contributed by atoms with Crippen LogP contribution in [0.1, 0.15) is 75.5 Å². The molecule has 2 aliphatic rings. The molecule has 6 rings (SSSR count). The summed E-state index contributed by atoms with van der Waals surface area (Å²) >= 11 is 0. The minimum Gasteiger partial charge on any atom is -0.381 e. The highest BCUT2D eigenvalue weighted by molar-refractivity contribution is 7.90. The number of hydrogen-bond donors (Lipinski definition) is 2. The summed E-state index contributed by atoms with van der Waals surface area (Å²) in [6.07, 6.45) is 12.0. The second-order valence-corrected chi connectivity index (χ2v) is 14.3. The van der Waals surface area contributed by atoms with Crippen LogP contribution in [0.5, 0.6) is 0 Å². The number of pyridine rings is 2. The molecule has 1 saturated carbocycles. The van der Waals surface area contributed by atoms with Gasteiger partial charge in [0.2, 0.25) is 0 Å². The van der Waals surface area contributed by atoms with Crippen molar-refractivity contribution in [2.75, 3.05) is 25.2 Å². The molecule has 0 radical (unpaired) electrons. The van der Waals surface area contributed by atoms with E-state index in [0.717, 1.165) is 72.2 Å². The maximum Gasteiger partial charge on any atom is 0.149 e. The molecule has 214 valence electrons. The Morgan fingerprint density at radius 3 is 2.55 bits per heavy atom. The van der Waals surface area contributed by atoms with Crippen LogP contribution in [-0.2, 0) is 21.1 Å². The Morgan fingerprint density at radius 1 is 1.07 bits per heavy atom. The van der Waals surface area contributed by atoms with Gasteiger partial charge in [-0.1, -0.05) is 13.8 Å². The van der Waals surface area contributed by atoms with Crippen molar-refractivity contribution in [3.63, 3.8) is 0 Å². The van der Waals surface area contributed by atoms with Gasteiger partial charge in [-0.25, -0.2) is 13.4 Å². The van der Waals surface area contributed by atoms with Crippen molar-refractivity contribution in [2.24, 2.45) is 0 Å². The fourth-order valence-electron chi connectivity index (χ4n) is 6.61. The standard InChI is InChI=1S/C31H41N5O3S/c1-20(2)28-29(25-19-36(15-18-40(3,37)38)31-24(25)5-4-14-32-31)35-27-11-10-26(34-30(27)28)21-6-8-22(9-7-21)33-23-12-16-39-17-13-23/h4-5,10-11,14,19-23,33,35H,6-9,12-13,15-18H2,1-3H3. The molecule has 1 aliphatic heterocycles. The predicted octanol–water partition coefficient (Wildman–Crippen LogP) is 5.54. The molecule has 1 saturated heterocycles. The van der Waals surface area contributed by atoms with Crippen LogP contribution in [0, 0.1) is 0 Å². The fraction of sp³-hybridized carbons (Fsp3) is 0.548. The largest absolute Gasteiger partial charge is 0.381 e. The van der Waals surface area contributed by atoms with Crippen LogP contribution in [-0.4, -0.2) is 65.2 Å². The van der Waals surface area contributed by atoms with Gasteiger partial charge in [-0.2, -0.15) is 0 Å². The lowest BCUT2D eigenvalue weighted by molar-refractivity contribution is 0.0729. The number of aromatic amines is 1. The summed E-state index contributed by atoms with van der Waals surface area (Å²) in [5.41, 5.74) is 7.38. The maximum absolute atomic E-state index is 11.9. The Morgan fingerprint density at radius 2 is 1.82 bits per heavy atom. The van der Waals surface area contributed by atoms with E-state index in [0.29, 0.717) is 24.5 Å². The van der Waals surface area contributed by atoms with Crippen molar-refractivity contribution in [3.8, 4) is 11.3 Å². The zero-order valence-electron chi connectivity index (χ0n) is 23.8. The van der Waals surface area contributed by atoms with E-state index >= 15 is 0 Å². The monoisotopic (exact) mass is 563 g/mol. The maximum atomic E-state index is 11.9. The summed E-state index contributed by atoms with van der Waals surface area (Å²) in [5.74, 6) is 0.823. The van der Waals surface area contributed by atoms with Gasteiger partial charge in [-0.3, -0.25) is 4.98 Å². The summed E-state index contributed by atoms with van der Waals surface area (Å²) in [7, 11) is -3.09. The summed E-state index contributed by atoms with van der Waals surface area (Å²) in [6.45, 7) is 6.57. The summed E-state index contributed by atoms with van der Waals surface area (Å²) in [4.78, 5) is 13.6. The van der Waals surface area contributed by atoms with Gasteiger partial charge in [-0.05, 0) is 68.7 Å². The number of rotatable bonds is 8. The highest BCUT2D eigenvalue weighted by Crippen LogP contribution is 2.40. The van der Waals surface area contributed by atoms with E-state index in [9.17, 15) is 8.42 Å². The number of nitrogens with zero attached hydrogens (tertiary/aromatic N) is 3. The lowest BCUT2D eigenvalue weighted by atomic mass is 9.83. The number of fused-ring (bicyclic) bond motifs is 2. The Balaban J connectivity index is 1.29. The third-order valence-electron chi connectivity index (χ3n) is 8.72. The van der Waals surface area contributed by atoms with E-state index in [1.807, 2.05) is 16.8 Å². The first-order valence-electron chi connectivity index (χ1n) is 14.7. The second-order valence-electron chi connectivity index (χ2n) is 12.0. The first-order valence-corrected chi connectivity index (χ1v) is 16.8. The molecule has 5 heterocycles. The highest BCUT2D eigenvalue weighted by atomic mass is 32.2. The van der Waals surface area contributed by atoms with Crippen molar-refractivity contribution in [1.29, 1.82) is 0 Å². The van der Waals surface area contributed by atoms with E-state index in [1.54, 1.807) is 6.20 Å². The second kappa shape index (κ2) is 11.3. The van der Waals surface area contributed by atoms with E-state index in [-0.39, 0.29) is 11.7 Å². The average Bonchev–Trinajstić information content (AvgIpc) is 3.51. The van der Waals surface area contributed by atoms with Crippen LogP contribution in [0.4, 0.5) is 0 Å². The molecule has 2 N–H and O–H groups in total. The predicted molar refractivity (Wildman–Crippen MR) is 161 cm³/mol. The molecule has 40 heavy (non-hydrogen) atoms. The normalized spacial score (nSPS) is 21.1.